The molecule has 0 spiro atoms. The fourth-order valence-electron chi connectivity index (χ4n) is 4.13. The number of piperidine rings is 1. The van der Waals surface area contributed by atoms with Crippen LogP contribution in [0, 0.1) is 0 Å². The number of aromatic nitrogens is 2. The molecule has 0 radical (unpaired) electrons. The molecule has 182 valence electrons. The number of benzene rings is 2. The summed E-state index contributed by atoms with van der Waals surface area (Å²) in [6.07, 6.45) is 12.0. The van der Waals surface area contributed by atoms with Crippen molar-refractivity contribution < 1.29 is 4.68 Å². The zero-order valence-corrected chi connectivity index (χ0v) is 21.2. The Hall–Kier alpha value is -3.87. The Bertz CT molecular complexity index is 1090. The van der Waals surface area contributed by atoms with Crippen LogP contribution in [0.4, 0.5) is 0 Å². The number of amidine groups is 2. The number of hydrogen-bond acceptors (Lipinski definition) is 3. The van der Waals surface area contributed by atoms with Gasteiger partial charge in [0.25, 0.3) is 0 Å². The highest BCUT2D eigenvalue weighted by atomic mass is 15.5. The van der Waals surface area contributed by atoms with Gasteiger partial charge in [0.05, 0.1) is 0 Å². The van der Waals surface area contributed by atoms with Gasteiger partial charge in [-0.3, -0.25) is 0 Å². The minimum Gasteiger partial charge on any atom is -0.377 e. The van der Waals surface area contributed by atoms with Crippen LogP contribution < -0.4 is 4.68 Å². The van der Waals surface area contributed by atoms with Gasteiger partial charge >= 0.3 is 5.82 Å². The molecule has 7 heteroatoms. The summed E-state index contributed by atoms with van der Waals surface area (Å²) in [5, 5.41) is 10.0. The lowest BCUT2D eigenvalue weighted by molar-refractivity contribution is -0.680. The molecular formula is C28H36N7+. The van der Waals surface area contributed by atoms with E-state index in [1.807, 2.05) is 96.1 Å². The smallest absolute Gasteiger partial charge is 0.334 e. The van der Waals surface area contributed by atoms with Crippen molar-refractivity contribution in [2.45, 2.75) is 19.3 Å². The van der Waals surface area contributed by atoms with Gasteiger partial charge in [0.15, 0.2) is 24.1 Å². The molecule has 1 fully saturated rings. The molecule has 0 unspecified atom stereocenters. The average Bonchev–Trinajstić information content (AvgIpc) is 3.26. The Morgan fingerprint density at radius 2 is 1.37 bits per heavy atom. The molecule has 0 aliphatic carbocycles. The van der Waals surface area contributed by atoms with Gasteiger partial charge in [-0.2, -0.15) is 0 Å². The summed E-state index contributed by atoms with van der Waals surface area (Å²) >= 11 is 0. The lowest BCUT2D eigenvalue weighted by Gasteiger charge is -2.24. The first-order valence-electron chi connectivity index (χ1n) is 12.2. The van der Waals surface area contributed by atoms with Crippen molar-refractivity contribution in [3.8, 4) is 0 Å². The topological polar surface area (TPSA) is 43.2 Å². The number of rotatable bonds is 6. The van der Waals surface area contributed by atoms with Gasteiger partial charge in [0.2, 0.25) is 0 Å². The minimum absolute atomic E-state index is 0.876. The van der Waals surface area contributed by atoms with Crippen LogP contribution >= 0.6 is 0 Å². The summed E-state index contributed by atoms with van der Waals surface area (Å²) in [7, 11) is 8.07. The fraction of sp³-hybridized carbons (Fsp3) is 0.321. The van der Waals surface area contributed by atoms with Crippen molar-refractivity contribution >= 4 is 17.7 Å². The monoisotopic (exact) mass is 470 g/mol. The quantitative estimate of drug-likeness (QED) is 0.313. The second-order valence-corrected chi connectivity index (χ2v) is 9.13. The lowest BCUT2D eigenvalue weighted by atomic mass is 10.1. The average molecular weight is 471 g/mol. The van der Waals surface area contributed by atoms with E-state index in [0.29, 0.717) is 0 Å². The summed E-state index contributed by atoms with van der Waals surface area (Å²) in [5.41, 5.74) is 2.12. The molecular weight excluding hydrogens is 434 g/mol. The second-order valence-electron chi connectivity index (χ2n) is 9.13. The molecule has 2 heterocycles. The van der Waals surface area contributed by atoms with Gasteiger partial charge in [-0.15, -0.1) is 0 Å². The SMILES string of the molecule is CN(C)C(=Nn1cc[n+](N=C(c2ccccc2)N(C)C)c1C=CN1CCCCC1)c1ccccc1. The second kappa shape index (κ2) is 11.5. The predicted octanol–water partition coefficient (Wildman–Crippen LogP) is 3.78. The summed E-state index contributed by atoms with van der Waals surface area (Å²) in [5.74, 6) is 2.63. The zero-order chi connectivity index (χ0) is 24.6. The third kappa shape index (κ3) is 6.18. The summed E-state index contributed by atoms with van der Waals surface area (Å²) in [6, 6.07) is 20.5. The summed E-state index contributed by atoms with van der Waals surface area (Å²) < 4.78 is 3.81. The molecule has 35 heavy (non-hydrogen) atoms. The molecule has 1 aliphatic heterocycles. The standard InChI is InChI=1S/C28H36N7/c1-31(2)27(24-14-8-5-9-15-24)29-34-22-23-35(26(34)18-21-33-19-12-7-13-20-33)30-28(32(3)4)25-16-10-6-11-17-25/h5-6,8-11,14-18,21-23H,7,12-13,19-20H2,1-4H3/q+1. The maximum Gasteiger partial charge on any atom is 0.334 e. The van der Waals surface area contributed by atoms with Crippen molar-refractivity contribution in [1.82, 2.24) is 19.4 Å². The molecule has 1 aromatic heterocycles. The van der Waals surface area contributed by atoms with Gasteiger partial charge in [0.1, 0.15) is 0 Å². The van der Waals surface area contributed by atoms with Crippen LogP contribution in [0.1, 0.15) is 36.2 Å². The first-order valence-corrected chi connectivity index (χ1v) is 12.2. The highest BCUT2D eigenvalue weighted by Gasteiger charge is 2.20. The lowest BCUT2D eigenvalue weighted by Crippen LogP contribution is -2.36. The van der Waals surface area contributed by atoms with Crippen LogP contribution in [0.25, 0.3) is 6.08 Å². The number of nitrogens with zero attached hydrogens (tertiary/aromatic N) is 7. The molecule has 1 saturated heterocycles. The van der Waals surface area contributed by atoms with Gasteiger partial charge < -0.3 is 14.7 Å². The van der Waals surface area contributed by atoms with Crippen LogP contribution in [0.3, 0.4) is 0 Å². The Morgan fingerprint density at radius 1 is 0.800 bits per heavy atom. The number of likely N-dealkylation sites (tertiary alicyclic amines) is 1. The van der Waals surface area contributed by atoms with Crippen LogP contribution in [-0.2, 0) is 0 Å². The van der Waals surface area contributed by atoms with Crippen molar-refractivity contribution in [3.63, 3.8) is 0 Å². The van der Waals surface area contributed by atoms with E-state index in [-0.39, 0.29) is 0 Å². The van der Waals surface area contributed by atoms with E-state index in [1.165, 1.54) is 19.3 Å². The van der Waals surface area contributed by atoms with Gasteiger partial charge in [-0.1, -0.05) is 80.2 Å². The van der Waals surface area contributed by atoms with Crippen LogP contribution in [0.5, 0.6) is 0 Å². The van der Waals surface area contributed by atoms with Gasteiger partial charge in [-0.25, -0.2) is 0 Å². The largest absolute Gasteiger partial charge is 0.377 e. The predicted molar refractivity (Wildman–Crippen MR) is 143 cm³/mol. The van der Waals surface area contributed by atoms with Gasteiger partial charge in [0, 0.05) is 64.7 Å². The molecule has 0 amide bonds. The molecule has 0 N–H and O–H groups in total. The third-order valence-electron chi connectivity index (χ3n) is 5.96. The van der Waals surface area contributed by atoms with Crippen molar-refractivity contribution in [3.05, 3.63) is 96.2 Å². The maximum atomic E-state index is 5.02. The number of imidazole rings is 1. The first-order chi connectivity index (χ1) is 17.0. The van der Waals surface area contributed by atoms with Crippen LogP contribution in [-0.4, -0.2) is 72.3 Å². The third-order valence-corrected chi connectivity index (χ3v) is 5.96. The summed E-state index contributed by atoms with van der Waals surface area (Å²) in [6.45, 7) is 2.17. The van der Waals surface area contributed by atoms with E-state index in [2.05, 4.69) is 41.4 Å². The van der Waals surface area contributed by atoms with Crippen LogP contribution in [0.2, 0.25) is 0 Å². The highest BCUT2D eigenvalue weighted by Crippen LogP contribution is 2.12. The Morgan fingerprint density at radius 3 is 1.94 bits per heavy atom. The maximum absolute atomic E-state index is 5.02. The molecule has 3 aromatic rings. The van der Waals surface area contributed by atoms with Crippen molar-refractivity contribution in [2.24, 2.45) is 10.2 Å². The molecule has 0 atom stereocenters. The van der Waals surface area contributed by atoms with E-state index in [9.17, 15) is 0 Å². The zero-order valence-electron chi connectivity index (χ0n) is 21.2. The Balaban J connectivity index is 1.80. The first kappa shape index (κ1) is 24.3. The van der Waals surface area contributed by atoms with E-state index >= 15 is 0 Å². The molecule has 7 nitrogen and oxygen atoms in total. The van der Waals surface area contributed by atoms with Crippen molar-refractivity contribution in [2.75, 3.05) is 41.3 Å². The minimum atomic E-state index is 0.876. The van der Waals surface area contributed by atoms with E-state index in [1.54, 1.807) is 0 Å². The Labute approximate surface area is 208 Å². The van der Waals surface area contributed by atoms with E-state index in [0.717, 1.165) is 41.7 Å². The van der Waals surface area contributed by atoms with E-state index in [4.69, 9.17) is 10.2 Å². The molecule has 1 aliphatic rings. The van der Waals surface area contributed by atoms with Gasteiger partial charge in [-0.05, 0) is 19.3 Å². The molecule has 0 bridgehead atoms. The van der Waals surface area contributed by atoms with Crippen LogP contribution in [0.15, 0.2) is 89.5 Å². The highest BCUT2D eigenvalue weighted by molar-refractivity contribution is 5.98. The normalized spacial score (nSPS) is 15.0. The fourth-order valence-corrected chi connectivity index (χ4v) is 4.13. The molecule has 4 rings (SSSR count). The molecule has 0 saturated carbocycles. The van der Waals surface area contributed by atoms with Crippen molar-refractivity contribution in [1.29, 1.82) is 0 Å². The Kier molecular flexibility index (Phi) is 7.98. The van der Waals surface area contributed by atoms with E-state index < -0.39 is 0 Å². The summed E-state index contributed by atoms with van der Waals surface area (Å²) in [4.78, 5) is 6.46. The molecule has 2 aromatic carbocycles. The number of hydrogen-bond donors (Lipinski definition) is 0.